The van der Waals surface area contributed by atoms with Crippen LogP contribution in [0.2, 0.25) is 0 Å². The molecule has 0 aromatic heterocycles. The standard InChI is InChI=1S/C5H9FO3S/c1-5(6)2-4(3-5)10(7,8)9/h4H,2-3H2,1H3,(H,7,8,9). The van der Waals surface area contributed by atoms with Crippen molar-refractivity contribution in [1.29, 1.82) is 0 Å². The highest BCUT2D eigenvalue weighted by molar-refractivity contribution is 7.86. The number of halogens is 1. The van der Waals surface area contributed by atoms with Crippen LogP contribution in [0.4, 0.5) is 4.39 Å². The van der Waals surface area contributed by atoms with Crippen molar-refractivity contribution in [2.45, 2.75) is 30.7 Å². The fourth-order valence-electron chi connectivity index (χ4n) is 1.10. The van der Waals surface area contributed by atoms with Gasteiger partial charge in [0, 0.05) is 12.8 Å². The molecular weight excluding hydrogens is 159 g/mol. The quantitative estimate of drug-likeness (QED) is 0.588. The first-order valence-electron chi connectivity index (χ1n) is 2.96. The molecule has 5 heteroatoms. The van der Waals surface area contributed by atoms with Crippen molar-refractivity contribution in [2.24, 2.45) is 0 Å². The van der Waals surface area contributed by atoms with Gasteiger partial charge >= 0.3 is 0 Å². The van der Waals surface area contributed by atoms with Crippen LogP contribution < -0.4 is 0 Å². The molecule has 10 heavy (non-hydrogen) atoms. The summed E-state index contributed by atoms with van der Waals surface area (Å²) in [5.41, 5.74) is -1.39. The minimum Gasteiger partial charge on any atom is -0.285 e. The third kappa shape index (κ3) is 1.46. The number of hydrogen-bond donors (Lipinski definition) is 1. The van der Waals surface area contributed by atoms with Gasteiger partial charge in [0.15, 0.2) is 0 Å². The molecule has 0 saturated heterocycles. The average molecular weight is 168 g/mol. The summed E-state index contributed by atoms with van der Waals surface area (Å²) in [6.07, 6.45) is -0.155. The van der Waals surface area contributed by atoms with Gasteiger partial charge in [0.05, 0.1) is 5.25 Å². The topological polar surface area (TPSA) is 54.4 Å². The van der Waals surface area contributed by atoms with Gasteiger partial charge in [-0.15, -0.1) is 0 Å². The van der Waals surface area contributed by atoms with Gasteiger partial charge in [-0.25, -0.2) is 4.39 Å². The number of rotatable bonds is 1. The Morgan fingerprint density at radius 1 is 1.60 bits per heavy atom. The minimum absolute atomic E-state index is 0.0775. The Labute approximate surface area is 59.0 Å². The highest BCUT2D eigenvalue weighted by Gasteiger charge is 2.46. The van der Waals surface area contributed by atoms with Crippen LogP contribution in [-0.4, -0.2) is 23.9 Å². The second-order valence-electron chi connectivity index (χ2n) is 2.96. The predicted molar refractivity (Wildman–Crippen MR) is 34.1 cm³/mol. The van der Waals surface area contributed by atoms with Gasteiger partial charge < -0.3 is 0 Å². The molecule has 0 bridgehead atoms. The van der Waals surface area contributed by atoms with Crippen molar-refractivity contribution in [1.82, 2.24) is 0 Å². The summed E-state index contributed by atoms with van der Waals surface area (Å²) >= 11 is 0. The monoisotopic (exact) mass is 168 g/mol. The molecule has 1 N–H and O–H groups in total. The maximum atomic E-state index is 12.6. The lowest BCUT2D eigenvalue weighted by molar-refractivity contribution is 0.0860. The van der Waals surface area contributed by atoms with E-state index >= 15 is 0 Å². The van der Waals surface area contributed by atoms with Crippen LogP contribution in [-0.2, 0) is 10.1 Å². The second kappa shape index (κ2) is 1.92. The normalized spacial score (nSPS) is 40.9. The Balaban J connectivity index is 2.57. The van der Waals surface area contributed by atoms with Crippen LogP contribution in [0, 0.1) is 0 Å². The van der Waals surface area contributed by atoms with Crippen LogP contribution in [0.5, 0.6) is 0 Å². The molecule has 0 aliphatic heterocycles. The molecule has 1 fully saturated rings. The summed E-state index contributed by atoms with van der Waals surface area (Å²) in [4.78, 5) is 0. The first kappa shape index (κ1) is 7.94. The lowest BCUT2D eigenvalue weighted by Gasteiger charge is -2.36. The fourth-order valence-corrected chi connectivity index (χ4v) is 2.22. The van der Waals surface area contributed by atoms with Gasteiger partial charge in [-0.3, -0.25) is 4.55 Å². The van der Waals surface area contributed by atoms with E-state index in [9.17, 15) is 12.8 Å². The van der Waals surface area contributed by atoms with Gasteiger partial charge in [0.1, 0.15) is 5.67 Å². The Morgan fingerprint density at radius 3 is 2.10 bits per heavy atom. The molecule has 0 amide bonds. The van der Waals surface area contributed by atoms with Crippen molar-refractivity contribution in [3.8, 4) is 0 Å². The van der Waals surface area contributed by atoms with Crippen molar-refractivity contribution >= 4 is 10.1 Å². The maximum Gasteiger partial charge on any atom is 0.268 e. The zero-order valence-corrected chi connectivity index (χ0v) is 6.36. The van der Waals surface area contributed by atoms with E-state index in [0.717, 1.165) is 0 Å². The molecule has 1 aliphatic rings. The van der Waals surface area contributed by atoms with Gasteiger partial charge in [0.2, 0.25) is 0 Å². The molecule has 0 spiro atoms. The highest BCUT2D eigenvalue weighted by atomic mass is 32.2. The lowest BCUT2D eigenvalue weighted by Crippen LogP contribution is -2.45. The second-order valence-corrected chi connectivity index (χ2v) is 4.66. The lowest BCUT2D eigenvalue weighted by atomic mass is 9.83. The van der Waals surface area contributed by atoms with E-state index in [1.807, 2.05) is 0 Å². The number of hydrogen-bond acceptors (Lipinski definition) is 2. The van der Waals surface area contributed by atoms with Crippen molar-refractivity contribution in [3.05, 3.63) is 0 Å². The van der Waals surface area contributed by atoms with Gasteiger partial charge in [0.25, 0.3) is 10.1 Å². The molecule has 0 aromatic rings. The van der Waals surface area contributed by atoms with Crippen molar-refractivity contribution < 1.29 is 17.4 Å². The third-order valence-corrected chi connectivity index (χ3v) is 2.90. The largest absolute Gasteiger partial charge is 0.285 e. The van der Waals surface area contributed by atoms with Crippen molar-refractivity contribution in [3.63, 3.8) is 0 Å². The molecule has 0 radical (unpaired) electrons. The zero-order chi connectivity index (χ0) is 7.99. The van der Waals surface area contributed by atoms with E-state index in [-0.39, 0.29) is 12.8 Å². The third-order valence-electron chi connectivity index (χ3n) is 1.73. The minimum atomic E-state index is -3.98. The SMILES string of the molecule is CC1(F)CC(S(=O)(=O)O)C1. The summed E-state index contributed by atoms with van der Waals surface area (Å²) in [6.45, 7) is 1.33. The van der Waals surface area contributed by atoms with E-state index in [2.05, 4.69) is 0 Å². The Bertz CT molecular complexity index is 223. The van der Waals surface area contributed by atoms with E-state index in [0.29, 0.717) is 0 Å². The summed E-state index contributed by atoms with van der Waals surface area (Å²) in [7, 11) is -3.98. The van der Waals surface area contributed by atoms with Gasteiger partial charge in [-0.1, -0.05) is 0 Å². The Kier molecular flexibility index (Phi) is 1.52. The van der Waals surface area contributed by atoms with Crippen LogP contribution in [0.15, 0.2) is 0 Å². The van der Waals surface area contributed by atoms with Crippen LogP contribution in [0.1, 0.15) is 19.8 Å². The summed E-state index contributed by atoms with van der Waals surface area (Å²) in [5, 5.41) is -0.873. The first-order valence-corrected chi connectivity index (χ1v) is 4.47. The van der Waals surface area contributed by atoms with E-state index in [4.69, 9.17) is 4.55 Å². The molecule has 3 nitrogen and oxygen atoms in total. The molecule has 0 heterocycles. The summed E-state index contributed by atoms with van der Waals surface area (Å²) in [6, 6.07) is 0. The molecule has 0 atom stereocenters. The first-order chi connectivity index (χ1) is 4.31. The smallest absolute Gasteiger partial charge is 0.268 e. The average Bonchev–Trinajstić information content (AvgIpc) is 1.56. The van der Waals surface area contributed by atoms with E-state index in [1.54, 1.807) is 0 Å². The predicted octanol–water partition coefficient (Wildman–Crippen LogP) is 0.765. The highest BCUT2D eigenvalue weighted by Crippen LogP contribution is 2.39. The van der Waals surface area contributed by atoms with Crippen LogP contribution >= 0.6 is 0 Å². The Hall–Kier alpha value is -0.160. The maximum absolute atomic E-state index is 12.6. The molecule has 0 aromatic carbocycles. The van der Waals surface area contributed by atoms with Crippen molar-refractivity contribution in [2.75, 3.05) is 0 Å². The fraction of sp³-hybridized carbons (Fsp3) is 1.00. The number of alkyl halides is 1. The molecule has 1 rings (SSSR count). The molecular formula is C5H9FO3S. The Morgan fingerprint density at radius 2 is 2.00 bits per heavy atom. The van der Waals surface area contributed by atoms with Crippen LogP contribution in [0.3, 0.4) is 0 Å². The van der Waals surface area contributed by atoms with Gasteiger partial charge in [-0.05, 0) is 6.92 Å². The van der Waals surface area contributed by atoms with Crippen LogP contribution in [0.25, 0.3) is 0 Å². The molecule has 60 valence electrons. The molecule has 1 saturated carbocycles. The molecule has 1 aliphatic carbocycles. The zero-order valence-electron chi connectivity index (χ0n) is 5.54. The van der Waals surface area contributed by atoms with E-state index < -0.39 is 21.0 Å². The summed E-state index contributed by atoms with van der Waals surface area (Å²) in [5.74, 6) is 0. The molecule has 0 unspecified atom stereocenters. The van der Waals surface area contributed by atoms with Gasteiger partial charge in [-0.2, -0.15) is 8.42 Å². The van der Waals surface area contributed by atoms with E-state index in [1.165, 1.54) is 6.92 Å². The summed E-state index contributed by atoms with van der Waals surface area (Å²) < 4.78 is 41.6.